The fraction of sp³-hybridized carbons (Fsp3) is 0.0625. The van der Waals surface area contributed by atoms with Crippen LogP contribution in [0, 0.1) is 18.2 Å². The Morgan fingerprint density at radius 1 is 1.33 bits per heavy atom. The van der Waals surface area contributed by atoms with Crippen LogP contribution in [0.25, 0.3) is 22.0 Å². The molecule has 0 atom stereocenters. The van der Waals surface area contributed by atoms with Crippen molar-refractivity contribution in [2.45, 2.75) is 6.92 Å². The van der Waals surface area contributed by atoms with Crippen LogP contribution in [0.5, 0.6) is 0 Å². The molecule has 0 fully saturated rings. The second-order valence-corrected chi connectivity index (χ2v) is 5.65. The first-order chi connectivity index (χ1) is 11.4. The Balaban J connectivity index is 2.59. The predicted molar refractivity (Wildman–Crippen MR) is 94.2 cm³/mol. The number of nitrogen functional groups attached to an aromatic ring is 2. The highest BCUT2D eigenvalue weighted by Crippen LogP contribution is 2.38. The van der Waals surface area contributed by atoms with Crippen molar-refractivity contribution in [1.29, 1.82) is 5.41 Å². The van der Waals surface area contributed by atoms with E-state index in [1.54, 1.807) is 6.92 Å². The molecule has 0 amide bonds. The number of hydrogen-bond donors (Lipinski definition) is 4. The molecule has 2 heterocycles. The average molecular weight is 346 g/mol. The Kier molecular flexibility index (Phi) is 3.73. The zero-order valence-electron chi connectivity index (χ0n) is 12.6. The van der Waals surface area contributed by atoms with Gasteiger partial charge in [0.1, 0.15) is 16.7 Å². The lowest BCUT2D eigenvalue weighted by Gasteiger charge is -2.15. The van der Waals surface area contributed by atoms with Crippen molar-refractivity contribution < 1.29 is 4.39 Å². The number of nitrogens with two attached hydrogens (primary N) is 2. The molecule has 3 rings (SSSR count). The van der Waals surface area contributed by atoms with Crippen molar-refractivity contribution in [2.24, 2.45) is 0 Å². The van der Waals surface area contributed by atoms with Gasteiger partial charge in [-0.3, -0.25) is 4.79 Å². The van der Waals surface area contributed by atoms with E-state index in [2.05, 4.69) is 9.97 Å². The Labute approximate surface area is 140 Å². The topological polar surface area (TPSA) is 122 Å². The highest BCUT2D eigenvalue weighted by molar-refractivity contribution is 6.35. The fourth-order valence-electron chi connectivity index (χ4n) is 2.66. The quantitative estimate of drug-likeness (QED) is 0.324. The van der Waals surface area contributed by atoms with E-state index in [9.17, 15) is 9.18 Å². The van der Waals surface area contributed by atoms with Gasteiger partial charge in [-0.15, -0.1) is 0 Å². The summed E-state index contributed by atoms with van der Waals surface area (Å²) in [6.07, 6.45) is 2.44. The number of fused-ring (bicyclic) bond motifs is 1. The summed E-state index contributed by atoms with van der Waals surface area (Å²) in [6, 6.07) is 2.57. The van der Waals surface area contributed by atoms with Crippen molar-refractivity contribution >= 4 is 40.1 Å². The molecular formula is C16H13ClFN5O. The third-order valence-corrected chi connectivity index (χ3v) is 4.16. The molecule has 3 aromatic rings. The second-order valence-electron chi connectivity index (χ2n) is 5.29. The Morgan fingerprint density at radius 3 is 2.71 bits per heavy atom. The van der Waals surface area contributed by atoms with Gasteiger partial charge in [0.25, 0.3) is 5.56 Å². The first-order valence-electron chi connectivity index (χ1n) is 6.92. The van der Waals surface area contributed by atoms with E-state index < -0.39 is 11.4 Å². The van der Waals surface area contributed by atoms with Crippen LogP contribution in [0.4, 0.5) is 15.8 Å². The third kappa shape index (κ3) is 2.21. The summed E-state index contributed by atoms with van der Waals surface area (Å²) < 4.78 is 13.7. The lowest BCUT2D eigenvalue weighted by Crippen LogP contribution is -2.15. The van der Waals surface area contributed by atoms with Crippen molar-refractivity contribution in [3.63, 3.8) is 0 Å². The second kappa shape index (κ2) is 5.61. The van der Waals surface area contributed by atoms with Crippen LogP contribution in [0.2, 0.25) is 5.15 Å². The molecule has 8 heteroatoms. The van der Waals surface area contributed by atoms with Crippen molar-refractivity contribution in [3.8, 4) is 11.1 Å². The van der Waals surface area contributed by atoms with Crippen LogP contribution in [-0.2, 0) is 0 Å². The maximum absolute atomic E-state index is 13.7. The monoisotopic (exact) mass is 345 g/mol. The number of hydrogen-bond acceptors (Lipinski definition) is 5. The van der Waals surface area contributed by atoms with Gasteiger partial charge in [0.15, 0.2) is 0 Å². The average Bonchev–Trinajstić information content (AvgIpc) is 2.55. The molecular weight excluding hydrogens is 333 g/mol. The molecule has 24 heavy (non-hydrogen) atoms. The summed E-state index contributed by atoms with van der Waals surface area (Å²) in [5.74, 6) is -0.662. The van der Waals surface area contributed by atoms with E-state index in [1.165, 1.54) is 12.3 Å². The van der Waals surface area contributed by atoms with Gasteiger partial charge in [-0.05, 0) is 24.1 Å². The molecule has 1 aromatic carbocycles. The Morgan fingerprint density at radius 2 is 2.04 bits per heavy atom. The molecule has 0 unspecified atom stereocenters. The van der Waals surface area contributed by atoms with Gasteiger partial charge >= 0.3 is 0 Å². The molecule has 122 valence electrons. The summed E-state index contributed by atoms with van der Waals surface area (Å²) in [5.41, 5.74) is 12.8. The molecule has 0 aliphatic rings. The number of nitrogens with one attached hydrogen (secondary N) is 2. The number of rotatable bonds is 2. The summed E-state index contributed by atoms with van der Waals surface area (Å²) in [4.78, 5) is 19.0. The molecule has 0 aliphatic carbocycles. The number of anilines is 2. The van der Waals surface area contributed by atoms with E-state index >= 15 is 0 Å². The number of aryl methyl sites for hydroxylation is 1. The van der Waals surface area contributed by atoms with E-state index in [1.807, 2.05) is 0 Å². The maximum atomic E-state index is 13.7. The number of aromatic amines is 1. The van der Waals surface area contributed by atoms with Crippen molar-refractivity contribution in [2.75, 3.05) is 11.5 Å². The molecule has 0 aliphatic heterocycles. The lowest BCUT2D eigenvalue weighted by atomic mass is 9.94. The smallest absolute Gasteiger partial charge is 0.272 e. The molecule has 0 spiro atoms. The molecule has 0 saturated carbocycles. The summed E-state index contributed by atoms with van der Waals surface area (Å²) in [5, 5.41) is 8.10. The number of nitrogens with zero attached hydrogens (tertiary/aromatic N) is 1. The normalized spacial score (nSPS) is 11.0. The van der Waals surface area contributed by atoms with Gasteiger partial charge in [-0.1, -0.05) is 17.7 Å². The minimum Gasteiger partial charge on any atom is -0.396 e. The van der Waals surface area contributed by atoms with E-state index in [0.717, 1.165) is 12.3 Å². The summed E-state index contributed by atoms with van der Waals surface area (Å²) in [7, 11) is 0. The van der Waals surface area contributed by atoms with Crippen LogP contribution >= 0.6 is 11.6 Å². The maximum Gasteiger partial charge on any atom is 0.272 e. The van der Waals surface area contributed by atoms with Crippen molar-refractivity contribution in [3.05, 3.63) is 50.8 Å². The van der Waals surface area contributed by atoms with Crippen LogP contribution in [-0.4, -0.2) is 16.2 Å². The van der Waals surface area contributed by atoms with Gasteiger partial charge in [-0.25, -0.2) is 9.37 Å². The lowest BCUT2D eigenvalue weighted by molar-refractivity contribution is 0.632. The molecule has 6 nitrogen and oxygen atoms in total. The number of pyridine rings is 2. The third-order valence-electron chi connectivity index (χ3n) is 3.87. The van der Waals surface area contributed by atoms with Crippen molar-refractivity contribution in [1.82, 2.24) is 9.97 Å². The molecule has 0 saturated heterocycles. The van der Waals surface area contributed by atoms with Crippen LogP contribution in [0.1, 0.15) is 11.1 Å². The van der Waals surface area contributed by atoms with Gasteiger partial charge < -0.3 is 21.9 Å². The minimum atomic E-state index is -0.662. The molecule has 0 bridgehead atoms. The predicted octanol–water partition coefficient (Wildman–Crippen LogP) is 2.85. The molecule has 6 N–H and O–H groups in total. The largest absolute Gasteiger partial charge is 0.396 e. The summed E-state index contributed by atoms with van der Waals surface area (Å²) >= 11 is 6.22. The molecule has 0 radical (unpaired) electrons. The van der Waals surface area contributed by atoms with Gasteiger partial charge in [0.05, 0.1) is 11.2 Å². The van der Waals surface area contributed by atoms with E-state index in [0.29, 0.717) is 22.0 Å². The van der Waals surface area contributed by atoms with E-state index in [4.69, 9.17) is 28.5 Å². The zero-order valence-corrected chi connectivity index (χ0v) is 13.3. The standard InChI is InChI=1S/C16H13ClFN5O/c1-6-5-22-15(17)11-10(13(21)16(24)23-14(6)11)7-2-3-9(18)12(20)8(7)4-19/h2-5,19H,20-21H2,1H3,(H,23,24). The highest BCUT2D eigenvalue weighted by atomic mass is 35.5. The Bertz CT molecular complexity index is 1060. The van der Waals surface area contributed by atoms with E-state index in [-0.39, 0.29) is 27.7 Å². The van der Waals surface area contributed by atoms with Crippen LogP contribution in [0.15, 0.2) is 23.1 Å². The van der Waals surface area contributed by atoms with Gasteiger partial charge in [-0.2, -0.15) is 0 Å². The highest BCUT2D eigenvalue weighted by Gasteiger charge is 2.20. The van der Waals surface area contributed by atoms with Gasteiger partial charge in [0, 0.05) is 28.9 Å². The zero-order chi connectivity index (χ0) is 17.6. The van der Waals surface area contributed by atoms with Gasteiger partial charge in [0.2, 0.25) is 0 Å². The minimum absolute atomic E-state index is 0.106. The number of aromatic nitrogens is 2. The van der Waals surface area contributed by atoms with Crippen LogP contribution < -0.4 is 17.0 Å². The SMILES string of the molecule is Cc1cnc(Cl)c2c(-c3ccc(F)c(N)c3C=N)c(N)c(=O)[nH]c12. The van der Waals surface area contributed by atoms with Crippen LogP contribution in [0.3, 0.4) is 0 Å². The number of benzene rings is 1. The number of H-pyrrole nitrogens is 1. The number of halogens is 2. The molecule has 2 aromatic heterocycles. The summed E-state index contributed by atoms with van der Waals surface area (Å²) in [6.45, 7) is 1.76. The Hall–Kier alpha value is -2.93. The fourth-order valence-corrected chi connectivity index (χ4v) is 2.90. The first-order valence-corrected chi connectivity index (χ1v) is 7.30. The first kappa shape index (κ1) is 15.9.